The minimum Gasteiger partial charge on any atom is -0.364 e. The summed E-state index contributed by atoms with van der Waals surface area (Å²) in [5.41, 5.74) is 5.29. The van der Waals surface area contributed by atoms with Crippen molar-refractivity contribution in [3.05, 3.63) is 23.9 Å². The summed E-state index contributed by atoms with van der Waals surface area (Å²) in [5, 5.41) is 0. The molecule has 0 fully saturated rings. The lowest BCUT2D eigenvalue weighted by molar-refractivity contribution is 0.0995. The Morgan fingerprint density at radius 2 is 2.43 bits per heavy atom. The maximum absolute atomic E-state index is 10.8. The highest BCUT2D eigenvalue weighted by Crippen LogP contribution is 2.08. The number of hydrogen-bond donors (Lipinski definition) is 1. The monoisotopic (exact) mass is 192 g/mol. The lowest BCUT2D eigenvalue weighted by Gasteiger charge is -2.16. The first-order valence-corrected chi connectivity index (χ1v) is 4.54. The fourth-order valence-corrected chi connectivity index (χ4v) is 1.17. The van der Waals surface area contributed by atoms with E-state index >= 15 is 0 Å². The zero-order valence-electron chi connectivity index (χ0n) is 8.45. The van der Waals surface area contributed by atoms with Crippen LogP contribution in [0.25, 0.3) is 0 Å². The first-order chi connectivity index (χ1) is 6.65. The molecular formula is C10H14N3O. The van der Waals surface area contributed by atoms with Gasteiger partial charge in [-0.1, -0.05) is 6.92 Å². The van der Waals surface area contributed by atoms with E-state index in [2.05, 4.69) is 18.0 Å². The lowest BCUT2D eigenvalue weighted by Crippen LogP contribution is -2.21. The van der Waals surface area contributed by atoms with E-state index < -0.39 is 5.91 Å². The molecule has 1 amide bonds. The molecule has 0 aliphatic rings. The number of anilines is 1. The van der Waals surface area contributed by atoms with Gasteiger partial charge in [-0.15, -0.1) is 0 Å². The molecule has 0 saturated carbocycles. The SMILES string of the molecule is CCCN(C)c1cc[c]c(C(N)=O)n1. The molecule has 0 aliphatic carbocycles. The molecule has 1 aromatic rings. The molecule has 0 saturated heterocycles. The van der Waals surface area contributed by atoms with Crippen LogP contribution in [0.3, 0.4) is 0 Å². The molecule has 4 heteroatoms. The van der Waals surface area contributed by atoms with Crippen molar-refractivity contribution in [3.8, 4) is 0 Å². The van der Waals surface area contributed by atoms with Crippen molar-refractivity contribution in [1.82, 2.24) is 4.98 Å². The fraction of sp³-hybridized carbons (Fsp3) is 0.400. The Balaban J connectivity index is 2.87. The average Bonchev–Trinajstić information content (AvgIpc) is 2.18. The van der Waals surface area contributed by atoms with Crippen LogP contribution >= 0.6 is 0 Å². The summed E-state index contributed by atoms with van der Waals surface area (Å²) in [7, 11) is 1.93. The third-order valence-corrected chi connectivity index (χ3v) is 1.86. The number of carbonyl (C=O) groups excluding carboxylic acids is 1. The fourth-order valence-electron chi connectivity index (χ4n) is 1.17. The molecule has 0 unspecified atom stereocenters. The number of amides is 1. The van der Waals surface area contributed by atoms with Gasteiger partial charge in [0.05, 0.1) is 0 Å². The Morgan fingerprint density at radius 1 is 1.71 bits per heavy atom. The number of nitrogens with zero attached hydrogens (tertiary/aromatic N) is 2. The maximum atomic E-state index is 10.8. The van der Waals surface area contributed by atoms with E-state index in [1.807, 2.05) is 18.0 Å². The quantitative estimate of drug-likeness (QED) is 0.768. The van der Waals surface area contributed by atoms with Crippen LogP contribution in [0.4, 0.5) is 5.82 Å². The third kappa shape index (κ3) is 2.45. The topological polar surface area (TPSA) is 59.2 Å². The van der Waals surface area contributed by atoms with Gasteiger partial charge in [0.2, 0.25) is 0 Å². The molecule has 0 aliphatic heterocycles. The van der Waals surface area contributed by atoms with E-state index in [0.29, 0.717) is 0 Å². The van der Waals surface area contributed by atoms with Gasteiger partial charge in [-0.3, -0.25) is 4.79 Å². The summed E-state index contributed by atoms with van der Waals surface area (Å²) in [5.74, 6) is 0.205. The van der Waals surface area contributed by atoms with E-state index in [0.717, 1.165) is 18.8 Å². The molecule has 2 N–H and O–H groups in total. The second-order valence-corrected chi connectivity index (χ2v) is 3.08. The van der Waals surface area contributed by atoms with Crippen LogP contribution in [-0.2, 0) is 0 Å². The van der Waals surface area contributed by atoms with Gasteiger partial charge < -0.3 is 10.6 Å². The Kier molecular flexibility index (Phi) is 3.45. The molecule has 0 bridgehead atoms. The number of aromatic nitrogens is 1. The van der Waals surface area contributed by atoms with Crippen LogP contribution in [-0.4, -0.2) is 24.5 Å². The number of pyridine rings is 1. The van der Waals surface area contributed by atoms with Crippen molar-refractivity contribution in [1.29, 1.82) is 0 Å². The van der Waals surface area contributed by atoms with Crippen molar-refractivity contribution < 1.29 is 4.79 Å². The molecule has 0 spiro atoms. The smallest absolute Gasteiger partial charge is 0.268 e. The molecule has 1 radical (unpaired) electrons. The molecule has 4 nitrogen and oxygen atoms in total. The average molecular weight is 192 g/mol. The number of rotatable bonds is 4. The van der Waals surface area contributed by atoms with E-state index in [1.54, 1.807) is 6.07 Å². The highest BCUT2D eigenvalue weighted by Gasteiger charge is 2.05. The first kappa shape index (κ1) is 10.5. The Hall–Kier alpha value is -1.58. The largest absolute Gasteiger partial charge is 0.364 e. The molecule has 1 aromatic heterocycles. The van der Waals surface area contributed by atoms with Crippen molar-refractivity contribution in [2.45, 2.75) is 13.3 Å². The Morgan fingerprint density at radius 3 is 3.00 bits per heavy atom. The van der Waals surface area contributed by atoms with Gasteiger partial charge in [-0.25, -0.2) is 4.98 Å². The molecular weight excluding hydrogens is 178 g/mol. The van der Waals surface area contributed by atoms with Crippen molar-refractivity contribution in [2.24, 2.45) is 5.73 Å². The van der Waals surface area contributed by atoms with Crippen LogP contribution in [0.5, 0.6) is 0 Å². The highest BCUT2D eigenvalue weighted by molar-refractivity contribution is 5.90. The summed E-state index contributed by atoms with van der Waals surface area (Å²) >= 11 is 0. The second-order valence-electron chi connectivity index (χ2n) is 3.08. The second kappa shape index (κ2) is 4.60. The number of primary amides is 1. The van der Waals surface area contributed by atoms with E-state index in [1.165, 1.54) is 0 Å². The van der Waals surface area contributed by atoms with Crippen molar-refractivity contribution in [2.75, 3.05) is 18.5 Å². The standard InChI is InChI=1S/C10H14N3O/c1-3-7-13(2)9-6-4-5-8(12-9)10(11)14/h4,6H,3,7H2,1-2H3,(H2,11,14). The van der Waals surface area contributed by atoms with Crippen LogP contribution in [0.15, 0.2) is 12.1 Å². The number of carbonyl (C=O) groups is 1. The lowest BCUT2D eigenvalue weighted by atomic mass is 10.3. The van der Waals surface area contributed by atoms with E-state index in [9.17, 15) is 4.79 Å². The highest BCUT2D eigenvalue weighted by atomic mass is 16.1. The molecule has 75 valence electrons. The first-order valence-electron chi connectivity index (χ1n) is 4.54. The summed E-state index contributed by atoms with van der Waals surface area (Å²) in [4.78, 5) is 16.9. The van der Waals surface area contributed by atoms with E-state index in [4.69, 9.17) is 5.73 Å². The van der Waals surface area contributed by atoms with Gasteiger partial charge in [0, 0.05) is 19.7 Å². The van der Waals surface area contributed by atoms with Crippen molar-refractivity contribution >= 4 is 11.7 Å². The van der Waals surface area contributed by atoms with Crippen LogP contribution in [0.2, 0.25) is 0 Å². The van der Waals surface area contributed by atoms with Gasteiger partial charge in [0.25, 0.3) is 5.91 Å². The third-order valence-electron chi connectivity index (χ3n) is 1.86. The maximum Gasteiger partial charge on any atom is 0.268 e. The molecule has 0 atom stereocenters. The summed E-state index contributed by atoms with van der Waals surface area (Å²) in [6, 6.07) is 6.16. The van der Waals surface area contributed by atoms with Gasteiger partial charge in [0.15, 0.2) is 0 Å². The van der Waals surface area contributed by atoms with E-state index in [-0.39, 0.29) is 5.69 Å². The molecule has 1 heterocycles. The number of nitrogens with two attached hydrogens (primary N) is 1. The van der Waals surface area contributed by atoms with Gasteiger partial charge in [-0.05, 0) is 18.6 Å². The predicted octanol–water partition coefficient (Wildman–Crippen LogP) is 0.827. The van der Waals surface area contributed by atoms with Crippen LogP contribution < -0.4 is 10.6 Å². The zero-order valence-corrected chi connectivity index (χ0v) is 8.45. The normalized spacial score (nSPS) is 9.86. The minimum absolute atomic E-state index is 0.186. The van der Waals surface area contributed by atoms with Gasteiger partial charge >= 0.3 is 0 Å². The molecule has 0 aromatic carbocycles. The summed E-state index contributed by atoms with van der Waals surface area (Å²) in [6.45, 7) is 2.98. The molecule has 14 heavy (non-hydrogen) atoms. The number of hydrogen-bond acceptors (Lipinski definition) is 3. The predicted molar refractivity (Wildman–Crippen MR) is 55.2 cm³/mol. The van der Waals surface area contributed by atoms with Crippen LogP contribution in [0, 0.1) is 6.07 Å². The summed E-state index contributed by atoms with van der Waals surface area (Å²) < 4.78 is 0. The zero-order chi connectivity index (χ0) is 10.6. The van der Waals surface area contributed by atoms with Crippen molar-refractivity contribution in [3.63, 3.8) is 0 Å². The summed E-state index contributed by atoms with van der Waals surface area (Å²) in [6.07, 6.45) is 1.03. The van der Waals surface area contributed by atoms with Gasteiger partial charge in [-0.2, -0.15) is 0 Å². The van der Waals surface area contributed by atoms with Gasteiger partial charge in [0.1, 0.15) is 11.5 Å². The minimum atomic E-state index is -0.545. The Labute approximate surface area is 83.7 Å². The molecule has 1 rings (SSSR count). The Bertz CT molecular complexity index is 325. The van der Waals surface area contributed by atoms with Crippen LogP contribution in [0.1, 0.15) is 23.8 Å².